The van der Waals surface area contributed by atoms with Crippen molar-refractivity contribution in [3.05, 3.63) is 85.1 Å². The summed E-state index contributed by atoms with van der Waals surface area (Å²) in [7, 11) is -4.35. The van der Waals surface area contributed by atoms with Gasteiger partial charge in [-0.05, 0) is 77.0 Å². The minimum absolute atomic E-state index is 0.0657. The normalized spacial score (nSPS) is 15.1. The van der Waals surface area contributed by atoms with E-state index >= 15 is 0 Å². The highest BCUT2D eigenvalue weighted by Gasteiger charge is 2.26. The maximum absolute atomic E-state index is 12.7. The molecular formula is C43H75N2O6P. The number of nitrogens with two attached hydrogens (primary N) is 1. The third kappa shape index (κ3) is 36.1. The highest BCUT2D eigenvalue weighted by atomic mass is 31.2. The summed E-state index contributed by atoms with van der Waals surface area (Å²) in [6.07, 6.45) is 50.6. The molecule has 0 radical (unpaired) electrons. The van der Waals surface area contributed by atoms with E-state index in [1.165, 1.54) is 38.5 Å². The van der Waals surface area contributed by atoms with Crippen molar-refractivity contribution in [2.45, 2.75) is 161 Å². The number of aliphatic hydroxyl groups is 1. The Bertz CT molecular complexity index is 1080. The van der Waals surface area contributed by atoms with Crippen LogP contribution in [-0.2, 0) is 18.4 Å². The number of phosphoric ester groups is 1. The predicted molar refractivity (Wildman–Crippen MR) is 221 cm³/mol. The van der Waals surface area contributed by atoms with E-state index in [4.69, 9.17) is 14.8 Å². The third-order valence-electron chi connectivity index (χ3n) is 8.20. The minimum atomic E-state index is -4.35. The van der Waals surface area contributed by atoms with Crippen LogP contribution in [-0.4, -0.2) is 47.8 Å². The highest BCUT2D eigenvalue weighted by Crippen LogP contribution is 2.43. The van der Waals surface area contributed by atoms with Gasteiger partial charge in [-0.2, -0.15) is 0 Å². The number of allylic oxidation sites excluding steroid dienone is 13. The number of carbonyl (C=O) groups excluding carboxylic acids is 1. The fraction of sp³-hybridized carbons (Fsp3) is 0.651. The Morgan fingerprint density at radius 2 is 1.13 bits per heavy atom. The monoisotopic (exact) mass is 747 g/mol. The Hall–Kier alpha value is -2.32. The zero-order chi connectivity index (χ0) is 38.2. The zero-order valence-corrected chi connectivity index (χ0v) is 33.7. The van der Waals surface area contributed by atoms with Gasteiger partial charge < -0.3 is 21.1 Å². The third-order valence-corrected chi connectivity index (χ3v) is 9.19. The van der Waals surface area contributed by atoms with Crippen LogP contribution in [0, 0.1) is 0 Å². The van der Waals surface area contributed by atoms with Crippen molar-refractivity contribution in [1.29, 1.82) is 0 Å². The van der Waals surface area contributed by atoms with E-state index in [1.807, 2.05) is 6.08 Å². The Balaban J connectivity index is 4.33. The summed E-state index contributed by atoms with van der Waals surface area (Å²) < 4.78 is 22.0. The number of amides is 1. The molecule has 0 rings (SSSR count). The van der Waals surface area contributed by atoms with E-state index in [0.29, 0.717) is 6.42 Å². The summed E-state index contributed by atoms with van der Waals surface area (Å²) in [5.74, 6) is -0.229. The number of aliphatic hydroxyl groups excluding tert-OH is 1. The Kier molecular flexibility index (Phi) is 36.7. The van der Waals surface area contributed by atoms with Crippen molar-refractivity contribution >= 4 is 13.7 Å². The van der Waals surface area contributed by atoms with Gasteiger partial charge in [-0.3, -0.25) is 13.8 Å². The molecule has 52 heavy (non-hydrogen) atoms. The molecule has 0 saturated heterocycles. The van der Waals surface area contributed by atoms with Gasteiger partial charge in [-0.15, -0.1) is 0 Å². The van der Waals surface area contributed by atoms with Gasteiger partial charge in [0, 0.05) is 13.0 Å². The standard InChI is InChI=1S/C43H75N2O6P/c1-3-5-7-9-11-13-15-17-18-19-20-21-22-23-24-25-27-29-31-33-35-37-43(47)45-41(40-51-52(48,49)50-39-38-44)42(46)36-34-32-30-28-26-16-14-12-10-8-6-4-2/h5,7,11,13,17-18,20-21,23-24,26,28,34,36,41-42,46H,3-4,6,8-10,12,14-16,19,22,25,27,29-33,35,37-40,44H2,1-2H3,(H,45,47)(H,48,49)/b7-5-,13-11-,18-17-,21-20-,24-23-,28-26+,36-34+. The van der Waals surface area contributed by atoms with Crippen molar-refractivity contribution in [3.63, 3.8) is 0 Å². The number of carbonyl (C=O) groups is 1. The van der Waals surface area contributed by atoms with Crippen LogP contribution < -0.4 is 11.1 Å². The van der Waals surface area contributed by atoms with Gasteiger partial charge in [0.2, 0.25) is 5.91 Å². The van der Waals surface area contributed by atoms with Crippen molar-refractivity contribution in [2.24, 2.45) is 5.73 Å². The van der Waals surface area contributed by atoms with E-state index in [0.717, 1.165) is 89.9 Å². The largest absolute Gasteiger partial charge is 0.472 e. The molecule has 0 aliphatic heterocycles. The van der Waals surface area contributed by atoms with Crippen molar-refractivity contribution in [3.8, 4) is 0 Å². The van der Waals surface area contributed by atoms with E-state index in [1.54, 1.807) is 6.08 Å². The lowest BCUT2D eigenvalue weighted by molar-refractivity contribution is -0.123. The lowest BCUT2D eigenvalue weighted by atomic mass is 10.1. The first-order chi connectivity index (χ1) is 25.4. The van der Waals surface area contributed by atoms with Gasteiger partial charge in [-0.1, -0.05) is 150 Å². The summed E-state index contributed by atoms with van der Waals surface area (Å²) in [4.78, 5) is 22.6. The van der Waals surface area contributed by atoms with Crippen molar-refractivity contribution < 1.29 is 28.4 Å². The van der Waals surface area contributed by atoms with E-state index in [-0.39, 0.29) is 25.7 Å². The van der Waals surface area contributed by atoms with Crippen LogP contribution in [0.2, 0.25) is 0 Å². The maximum Gasteiger partial charge on any atom is 0.472 e. The molecule has 3 unspecified atom stereocenters. The Labute approximate surface area is 318 Å². The average Bonchev–Trinajstić information content (AvgIpc) is 3.13. The smallest absolute Gasteiger partial charge is 0.387 e. The molecule has 0 aromatic rings. The van der Waals surface area contributed by atoms with Gasteiger partial charge in [0.1, 0.15) is 0 Å². The molecule has 1 amide bonds. The molecule has 0 fully saturated rings. The first kappa shape index (κ1) is 49.7. The summed E-state index contributed by atoms with van der Waals surface area (Å²) in [5.41, 5.74) is 5.35. The van der Waals surface area contributed by atoms with Crippen LogP contribution in [0.1, 0.15) is 149 Å². The molecule has 0 saturated carbocycles. The number of rotatable bonds is 36. The van der Waals surface area contributed by atoms with Crippen LogP contribution in [0.4, 0.5) is 0 Å². The second-order valence-electron chi connectivity index (χ2n) is 13.1. The predicted octanol–water partition coefficient (Wildman–Crippen LogP) is 11.0. The Morgan fingerprint density at radius 3 is 1.71 bits per heavy atom. The van der Waals surface area contributed by atoms with Crippen molar-refractivity contribution in [2.75, 3.05) is 19.8 Å². The van der Waals surface area contributed by atoms with Crippen molar-refractivity contribution in [1.82, 2.24) is 5.32 Å². The number of unbranched alkanes of at least 4 members (excludes halogenated alkanes) is 12. The molecule has 0 aromatic heterocycles. The van der Waals surface area contributed by atoms with E-state index in [9.17, 15) is 19.4 Å². The molecular weight excluding hydrogens is 671 g/mol. The highest BCUT2D eigenvalue weighted by molar-refractivity contribution is 7.47. The van der Waals surface area contributed by atoms with E-state index in [2.05, 4.69) is 92.1 Å². The molecule has 8 nitrogen and oxygen atoms in total. The molecule has 0 aromatic carbocycles. The molecule has 9 heteroatoms. The van der Waals surface area contributed by atoms with E-state index < -0.39 is 20.0 Å². The molecule has 3 atom stereocenters. The molecule has 298 valence electrons. The van der Waals surface area contributed by atoms with Gasteiger partial charge in [0.15, 0.2) is 0 Å². The average molecular weight is 747 g/mol. The first-order valence-electron chi connectivity index (χ1n) is 20.2. The maximum atomic E-state index is 12.7. The summed E-state index contributed by atoms with van der Waals surface area (Å²) in [6.45, 7) is 3.93. The molecule has 0 spiro atoms. The number of hydrogen-bond donors (Lipinski definition) is 4. The lowest BCUT2D eigenvalue weighted by Gasteiger charge is -2.23. The molecule has 0 aliphatic rings. The summed E-state index contributed by atoms with van der Waals surface area (Å²) >= 11 is 0. The number of nitrogens with one attached hydrogen (secondary N) is 1. The van der Waals surface area contributed by atoms with Crippen LogP contribution in [0.15, 0.2) is 85.1 Å². The lowest BCUT2D eigenvalue weighted by Crippen LogP contribution is -2.45. The van der Waals surface area contributed by atoms with Crippen LogP contribution in [0.5, 0.6) is 0 Å². The van der Waals surface area contributed by atoms with Gasteiger partial charge in [-0.25, -0.2) is 4.57 Å². The SMILES string of the molecule is CC/C=C\C/C=C\C/C=C\C/C=C\C/C=C\CCCCCCCC(=O)NC(COP(=O)(O)OCCN)C(O)/C=C/CC/C=C/CCCCCCCC. The Morgan fingerprint density at radius 1 is 0.654 bits per heavy atom. The minimum Gasteiger partial charge on any atom is -0.387 e. The molecule has 0 bridgehead atoms. The number of phosphoric acid groups is 1. The number of hydrogen-bond acceptors (Lipinski definition) is 6. The van der Waals surface area contributed by atoms with Gasteiger partial charge in [0.25, 0.3) is 0 Å². The molecule has 0 heterocycles. The van der Waals surface area contributed by atoms with Crippen LogP contribution >= 0.6 is 7.82 Å². The van der Waals surface area contributed by atoms with Crippen LogP contribution in [0.25, 0.3) is 0 Å². The fourth-order valence-corrected chi connectivity index (χ4v) is 5.93. The van der Waals surface area contributed by atoms with Gasteiger partial charge in [0.05, 0.1) is 25.4 Å². The fourth-order valence-electron chi connectivity index (χ4n) is 5.17. The van der Waals surface area contributed by atoms with Gasteiger partial charge >= 0.3 is 7.82 Å². The quantitative estimate of drug-likeness (QED) is 0.0285. The topological polar surface area (TPSA) is 131 Å². The molecule has 5 N–H and O–H groups in total. The second kappa shape index (κ2) is 38.4. The molecule has 0 aliphatic carbocycles. The summed E-state index contributed by atoms with van der Waals surface area (Å²) in [6, 6.07) is -0.891. The second-order valence-corrected chi connectivity index (χ2v) is 14.6. The van der Waals surface area contributed by atoms with Crippen LogP contribution in [0.3, 0.4) is 0 Å². The summed E-state index contributed by atoms with van der Waals surface area (Å²) in [5, 5.41) is 13.6. The zero-order valence-electron chi connectivity index (χ0n) is 32.8. The first-order valence-corrected chi connectivity index (χ1v) is 21.7.